The molecule has 2 N–H and O–H groups in total. The first-order chi connectivity index (χ1) is 12.2. The zero-order chi connectivity index (χ0) is 18.1. The molecule has 0 amide bonds. The van der Waals surface area contributed by atoms with Crippen LogP contribution in [0.2, 0.25) is 0 Å². The first-order valence-corrected chi connectivity index (χ1v) is 8.70. The Morgan fingerprint density at radius 3 is 3.04 bits per heavy atom. The van der Waals surface area contributed by atoms with Gasteiger partial charge >= 0.3 is 5.97 Å². The molecule has 0 saturated carbocycles. The molecule has 1 atom stereocenters. The molecule has 1 unspecified atom stereocenters. The fourth-order valence-electron chi connectivity index (χ4n) is 2.73. The van der Waals surface area contributed by atoms with Gasteiger partial charge in [-0.15, -0.1) is 0 Å². The summed E-state index contributed by atoms with van der Waals surface area (Å²) in [6.45, 7) is 4.08. The third-order valence-electron chi connectivity index (χ3n) is 3.90. The number of aryl methyl sites for hydroxylation is 1. The van der Waals surface area contributed by atoms with Gasteiger partial charge in [0.1, 0.15) is 12.4 Å². The molecule has 0 saturated heterocycles. The lowest BCUT2D eigenvalue weighted by molar-refractivity contribution is -0.143. The number of carbonyl (C=O) groups is 1. The van der Waals surface area contributed by atoms with Crippen LogP contribution in [0.15, 0.2) is 4.99 Å². The Balaban J connectivity index is 1.75. The third-order valence-corrected chi connectivity index (χ3v) is 3.90. The minimum atomic E-state index is -0.162. The molecular formula is C16H28N6O3. The predicted molar refractivity (Wildman–Crippen MR) is 93.2 cm³/mol. The van der Waals surface area contributed by atoms with E-state index in [2.05, 4.69) is 25.7 Å². The van der Waals surface area contributed by atoms with Crippen molar-refractivity contribution >= 4 is 11.9 Å². The highest BCUT2D eigenvalue weighted by molar-refractivity contribution is 5.80. The molecule has 2 rings (SSSR count). The van der Waals surface area contributed by atoms with Crippen molar-refractivity contribution < 1.29 is 14.3 Å². The van der Waals surface area contributed by atoms with Crippen molar-refractivity contribution in [2.24, 2.45) is 4.99 Å². The minimum Gasteiger partial charge on any atom is -0.466 e. The Labute approximate surface area is 148 Å². The van der Waals surface area contributed by atoms with Crippen LogP contribution >= 0.6 is 0 Å². The van der Waals surface area contributed by atoms with E-state index in [0.717, 1.165) is 37.0 Å². The molecule has 0 bridgehead atoms. The van der Waals surface area contributed by atoms with Crippen molar-refractivity contribution in [2.75, 3.05) is 27.3 Å². The Morgan fingerprint density at radius 1 is 1.48 bits per heavy atom. The van der Waals surface area contributed by atoms with E-state index in [1.807, 2.05) is 11.6 Å². The topological polar surface area (TPSA) is 103 Å². The number of nitrogens with zero attached hydrogens (tertiary/aromatic N) is 4. The second-order valence-electron chi connectivity index (χ2n) is 5.85. The Bertz CT molecular complexity index is 586. The number of carbonyl (C=O) groups excluding carboxylic acids is 1. The maximum absolute atomic E-state index is 11.3. The van der Waals surface area contributed by atoms with Gasteiger partial charge in [0.05, 0.1) is 13.2 Å². The number of nitrogens with one attached hydrogen (secondary N) is 2. The quantitative estimate of drug-likeness (QED) is 0.299. The van der Waals surface area contributed by atoms with E-state index in [1.54, 1.807) is 14.2 Å². The van der Waals surface area contributed by atoms with E-state index < -0.39 is 0 Å². The number of fused-ring (bicyclic) bond motifs is 1. The second-order valence-corrected chi connectivity index (χ2v) is 5.85. The van der Waals surface area contributed by atoms with E-state index in [4.69, 9.17) is 9.47 Å². The number of guanidine groups is 1. The molecular weight excluding hydrogens is 324 g/mol. The first-order valence-electron chi connectivity index (χ1n) is 8.70. The molecule has 25 heavy (non-hydrogen) atoms. The summed E-state index contributed by atoms with van der Waals surface area (Å²) in [7, 11) is 3.38. The van der Waals surface area contributed by atoms with Crippen molar-refractivity contribution in [1.29, 1.82) is 0 Å². The van der Waals surface area contributed by atoms with Crippen LogP contribution in [0.4, 0.5) is 0 Å². The largest absolute Gasteiger partial charge is 0.466 e. The van der Waals surface area contributed by atoms with Crippen molar-refractivity contribution in [2.45, 2.75) is 51.8 Å². The summed E-state index contributed by atoms with van der Waals surface area (Å²) in [5, 5.41) is 11.1. The van der Waals surface area contributed by atoms with E-state index >= 15 is 0 Å². The van der Waals surface area contributed by atoms with Gasteiger partial charge in [0.25, 0.3) is 0 Å². The highest BCUT2D eigenvalue weighted by Crippen LogP contribution is 2.13. The molecule has 1 aliphatic rings. The number of ether oxygens (including phenoxy) is 2. The molecule has 9 nitrogen and oxygen atoms in total. The van der Waals surface area contributed by atoms with E-state index in [9.17, 15) is 4.79 Å². The summed E-state index contributed by atoms with van der Waals surface area (Å²) in [6, 6.07) is 0.237. The third kappa shape index (κ3) is 6.00. The van der Waals surface area contributed by atoms with Gasteiger partial charge in [-0.25, -0.2) is 9.67 Å². The van der Waals surface area contributed by atoms with Crippen molar-refractivity contribution in [3.63, 3.8) is 0 Å². The number of methoxy groups -OCH3 is 1. The number of aromatic nitrogens is 3. The summed E-state index contributed by atoms with van der Waals surface area (Å²) in [5.41, 5.74) is 0. The molecule has 0 aromatic carbocycles. The number of esters is 1. The van der Waals surface area contributed by atoms with Gasteiger partial charge in [-0.3, -0.25) is 9.79 Å². The Morgan fingerprint density at radius 2 is 2.32 bits per heavy atom. The van der Waals surface area contributed by atoms with Gasteiger partial charge in [0.2, 0.25) is 0 Å². The first kappa shape index (κ1) is 19.2. The van der Waals surface area contributed by atoms with Gasteiger partial charge in [0.15, 0.2) is 11.8 Å². The summed E-state index contributed by atoms with van der Waals surface area (Å²) >= 11 is 0. The van der Waals surface area contributed by atoms with Crippen molar-refractivity contribution in [1.82, 2.24) is 25.4 Å². The van der Waals surface area contributed by atoms with Crippen LogP contribution in [-0.4, -0.2) is 60.0 Å². The van der Waals surface area contributed by atoms with Crippen molar-refractivity contribution in [3.8, 4) is 0 Å². The van der Waals surface area contributed by atoms with Crippen LogP contribution in [0.5, 0.6) is 0 Å². The zero-order valence-corrected chi connectivity index (χ0v) is 15.2. The second kappa shape index (κ2) is 9.97. The van der Waals surface area contributed by atoms with Crippen LogP contribution in [0.1, 0.15) is 37.8 Å². The highest BCUT2D eigenvalue weighted by atomic mass is 16.5. The van der Waals surface area contributed by atoms with Gasteiger partial charge < -0.3 is 20.1 Å². The van der Waals surface area contributed by atoms with Crippen LogP contribution in [0.3, 0.4) is 0 Å². The molecule has 0 radical (unpaired) electrons. The van der Waals surface area contributed by atoms with E-state index in [-0.39, 0.29) is 12.0 Å². The molecule has 1 aromatic heterocycles. The van der Waals surface area contributed by atoms with Crippen LogP contribution in [-0.2, 0) is 33.8 Å². The highest BCUT2D eigenvalue weighted by Gasteiger charge is 2.22. The number of rotatable bonds is 8. The average molecular weight is 352 g/mol. The average Bonchev–Trinajstić information content (AvgIpc) is 2.99. The van der Waals surface area contributed by atoms with Crippen LogP contribution in [0, 0.1) is 0 Å². The lowest BCUT2D eigenvalue weighted by Crippen LogP contribution is -2.47. The number of hydrogen-bond donors (Lipinski definition) is 2. The smallest absolute Gasteiger partial charge is 0.305 e. The van der Waals surface area contributed by atoms with Gasteiger partial charge in [-0.2, -0.15) is 5.10 Å². The number of hydrogen-bond acceptors (Lipinski definition) is 6. The Hall–Kier alpha value is -2.16. The summed E-state index contributed by atoms with van der Waals surface area (Å²) in [5.74, 6) is 2.29. The molecule has 1 aromatic rings. The normalized spacial score (nSPS) is 17.1. The molecule has 2 heterocycles. The van der Waals surface area contributed by atoms with Crippen LogP contribution in [0.25, 0.3) is 0 Å². The molecule has 0 spiro atoms. The SMILES string of the molecule is CCOC(=O)CCCNC(=NC)NC1CCc2nc(COC)nn2C1. The molecule has 140 valence electrons. The lowest BCUT2D eigenvalue weighted by Gasteiger charge is -2.25. The maximum atomic E-state index is 11.3. The summed E-state index contributed by atoms with van der Waals surface area (Å²) < 4.78 is 11.9. The van der Waals surface area contributed by atoms with Gasteiger partial charge in [-0.1, -0.05) is 0 Å². The monoisotopic (exact) mass is 352 g/mol. The van der Waals surface area contributed by atoms with Crippen molar-refractivity contribution in [3.05, 3.63) is 11.6 Å². The minimum absolute atomic E-state index is 0.162. The maximum Gasteiger partial charge on any atom is 0.305 e. The molecule has 9 heteroatoms. The number of aliphatic imine (C=N–C) groups is 1. The van der Waals surface area contributed by atoms with E-state index in [0.29, 0.717) is 32.6 Å². The fourth-order valence-corrected chi connectivity index (χ4v) is 2.73. The molecule has 0 aliphatic carbocycles. The van der Waals surface area contributed by atoms with Crippen LogP contribution < -0.4 is 10.6 Å². The Kier molecular flexibility index (Phi) is 7.65. The van der Waals surface area contributed by atoms with E-state index in [1.165, 1.54) is 0 Å². The molecule has 1 aliphatic heterocycles. The summed E-state index contributed by atoms with van der Waals surface area (Å²) in [4.78, 5) is 20.0. The standard InChI is InChI=1S/C16H28N6O3/c1-4-25-15(23)6-5-9-18-16(17-2)19-12-7-8-14-20-13(11-24-3)21-22(14)10-12/h12H,4-11H2,1-3H3,(H2,17,18,19). The van der Waals surface area contributed by atoms with Gasteiger partial charge in [0, 0.05) is 39.6 Å². The fraction of sp³-hybridized carbons (Fsp3) is 0.750. The zero-order valence-electron chi connectivity index (χ0n) is 15.2. The molecule has 0 fully saturated rings. The predicted octanol–water partition coefficient (Wildman–Crippen LogP) is 0.248. The summed E-state index contributed by atoms with van der Waals surface area (Å²) in [6.07, 6.45) is 2.95. The lowest BCUT2D eigenvalue weighted by atomic mass is 10.1. The van der Waals surface area contributed by atoms with Gasteiger partial charge in [-0.05, 0) is 19.8 Å².